The number of carbonyl (C=O) groups is 4. The van der Waals surface area contributed by atoms with Crippen LogP contribution in [0.2, 0.25) is 0 Å². The van der Waals surface area contributed by atoms with Gasteiger partial charge in [-0.25, -0.2) is 0 Å². The Bertz CT molecular complexity index is 896. The van der Waals surface area contributed by atoms with Gasteiger partial charge in [-0.3, -0.25) is 19.2 Å². The summed E-state index contributed by atoms with van der Waals surface area (Å²) in [5.74, 6) is -0.483. The molecule has 0 aromatic rings. The van der Waals surface area contributed by atoms with E-state index in [1.807, 2.05) is 0 Å². The summed E-state index contributed by atoms with van der Waals surface area (Å²) in [5.41, 5.74) is 0. The molecule has 5 rings (SSSR count). The normalized spacial score (nSPS) is 20.3. The SMILES string of the molecule is C.C.C.C.C(CC1CO1)CC1CO1.CCC(CCCC(CC)OC)OC.CCC1CO1.CCCC(CC)OC.O=C1C=CC(=O)C=C1.O=C1C=CC(=O)C=C1. The van der Waals surface area contributed by atoms with E-state index in [9.17, 15) is 19.2 Å². The van der Waals surface area contributed by atoms with Crippen molar-refractivity contribution in [2.45, 2.75) is 178 Å². The molecule has 0 radical (unpaired) electrons. The van der Waals surface area contributed by atoms with Crippen molar-refractivity contribution >= 4 is 23.1 Å². The van der Waals surface area contributed by atoms with Crippen molar-refractivity contribution in [2.24, 2.45) is 0 Å². The van der Waals surface area contributed by atoms with Crippen molar-refractivity contribution in [3.8, 4) is 0 Å². The van der Waals surface area contributed by atoms with Crippen LogP contribution in [0.15, 0.2) is 48.6 Å². The summed E-state index contributed by atoms with van der Waals surface area (Å²) in [6.45, 7) is 13.8. The van der Waals surface area contributed by atoms with Crippen LogP contribution in [0.4, 0.5) is 0 Å². The first-order valence-electron chi connectivity index (χ1n) is 18.9. The smallest absolute Gasteiger partial charge is 0.178 e. The lowest BCUT2D eigenvalue weighted by molar-refractivity contribution is -0.113. The third kappa shape index (κ3) is 40.9. The van der Waals surface area contributed by atoms with Gasteiger partial charge >= 0.3 is 0 Å². The average Bonchev–Trinajstić information content (AvgIpc) is 3.99. The Morgan fingerprint density at radius 2 is 0.764 bits per heavy atom. The molecule has 3 saturated heterocycles. The first-order valence-corrected chi connectivity index (χ1v) is 18.9. The Balaban J connectivity index is -0.000000182. The molecule has 324 valence electrons. The summed E-state index contributed by atoms with van der Waals surface area (Å²) in [5, 5.41) is 0. The zero-order valence-corrected chi connectivity index (χ0v) is 32.8. The fraction of sp³-hybridized carbons (Fsp3) is 0.733. The molecule has 6 unspecified atom stereocenters. The molecule has 0 saturated carbocycles. The van der Waals surface area contributed by atoms with Gasteiger partial charge in [0.25, 0.3) is 0 Å². The van der Waals surface area contributed by atoms with E-state index in [0.29, 0.717) is 36.6 Å². The molecule has 2 aliphatic carbocycles. The Morgan fingerprint density at radius 3 is 0.927 bits per heavy atom. The summed E-state index contributed by atoms with van der Waals surface area (Å²) in [4.78, 5) is 41.1. The van der Waals surface area contributed by atoms with E-state index in [0.717, 1.165) is 51.9 Å². The number of methoxy groups -OCH3 is 3. The van der Waals surface area contributed by atoms with Gasteiger partial charge in [-0.15, -0.1) is 0 Å². The fourth-order valence-corrected chi connectivity index (χ4v) is 4.59. The molecule has 5 aliphatic rings. The number of epoxide rings is 3. The minimum absolute atomic E-state index is 0. The van der Waals surface area contributed by atoms with Gasteiger partial charge in [0.1, 0.15) is 0 Å². The van der Waals surface area contributed by atoms with Crippen molar-refractivity contribution in [1.29, 1.82) is 0 Å². The van der Waals surface area contributed by atoms with Crippen molar-refractivity contribution in [3.63, 3.8) is 0 Å². The van der Waals surface area contributed by atoms with Crippen LogP contribution in [-0.2, 0) is 47.6 Å². The Labute approximate surface area is 337 Å². The molecule has 0 N–H and O–H groups in total. The van der Waals surface area contributed by atoms with Crippen LogP contribution in [0, 0.1) is 0 Å². The molecule has 0 bridgehead atoms. The fourth-order valence-electron chi connectivity index (χ4n) is 4.59. The van der Waals surface area contributed by atoms with E-state index >= 15 is 0 Å². The molecule has 0 aromatic heterocycles. The standard InChI is InChI=1S/C11H24O2.C7H12O2.C7H16O.2C6H4O2.C4H8O.4CH4/c1-5-10(12-3)8-7-9-11(6-2)13-4;1(2-6-4-8-6)3-7-5-9-7;1-4-6-7(5-2)8-3;2*7-5-1-2-6(8)4-3-5;1-2-4-3-5-4;;;;/h10-11H,5-9H2,1-4H3;6-7H,1-5H2;7H,4-6H2,1-3H3;2*1-4H;4H,2-3H2,1H3;4*1H4. The molecule has 3 fully saturated rings. The van der Waals surface area contributed by atoms with E-state index in [2.05, 4.69) is 34.6 Å². The van der Waals surface area contributed by atoms with Gasteiger partial charge in [0, 0.05) is 21.3 Å². The van der Waals surface area contributed by atoms with E-state index < -0.39 is 0 Å². The summed E-state index contributed by atoms with van der Waals surface area (Å²) in [6.07, 6.45) is 27.6. The highest BCUT2D eigenvalue weighted by molar-refractivity contribution is 6.14. The number of ketones is 4. The third-order valence-electron chi connectivity index (χ3n) is 8.39. The van der Waals surface area contributed by atoms with Crippen LogP contribution in [0.1, 0.15) is 141 Å². The summed E-state index contributed by atoms with van der Waals surface area (Å²) >= 11 is 0. The quantitative estimate of drug-likeness (QED) is 0.104. The second-order valence-corrected chi connectivity index (χ2v) is 12.7. The second kappa shape index (κ2) is 41.0. The Kier molecular flexibility index (Phi) is 46.0. The van der Waals surface area contributed by atoms with Crippen molar-refractivity contribution in [2.75, 3.05) is 41.2 Å². The predicted octanol–water partition coefficient (Wildman–Crippen LogP) is 10.0. The largest absolute Gasteiger partial charge is 0.381 e. The maximum atomic E-state index is 10.3. The van der Waals surface area contributed by atoms with Crippen LogP contribution in [0.5, 0.6) is 0 Å². The first kappa shape index (κ1) is 61.6. The molecule has 10 nitrogen and oxygen atoms in total. The van der Waals surface area contributed by atoms with Crippen LogP contribution in [0.3, 0.4) is 0 Å². The van der Waals surface area contributed by atoms with Gasteiger partial charge in [0.15, 0.2) is 23.1 Å². The lowest BCUT2D eigenvalue weighted by Gasteiger charge is -2.15. The van der Waals surface area contributed by atoms with Crippen molar-refractivity contribution in [1.82, 2.24) is 0 Å². The maximum absolute atomic E-state index is 10.3. The second-order valence-electron chi connectivity index (χ2n) is 12.7. The molecule has 3 heterocycles. The minimum atomic E-state index is -0.121. The molecule has 0 aromatic carbocycles. The van der Waals surface area contributed by atoms with Crippen LogP contribution >= 0.6 is 0 Å². The Morgan fingerprint density at radius 1 is 0.491 bits per heavy atom. The van der Waals surface area contributed by atoms with Crippen LogP contribution in [-0.4, -0.2) is 101 Å². The molecule has 6 atom stereocenters. The number of ether oxygens (including phenoxy) is 6. The maximum Gasteiger partial charge on any atom is 0.178 e. The van der Waals surface area contributed by atoms with E-state index in [1.54, 1.807) is 21.3 Å². The topological polar surface area (TPSA) is 134 Å². The van der Waals surface area contributed by atoms with E-state index in [-0.39, 0.29) is 52.8 Å². The molecule has 0 spiro atoms. The van der Waals surface area contributed by atoms with Gasteiger partial charge in [-0.2, -0.15) is 0 Å². The molecular formula is C45H84O10. The molecule has 55 heavy (non-hydrogen) atoms. The van der Waals surface area contributed by atoms with Crippen LogP contribution < -0.4 is 0 Å². The van der Waals surface area contributed by atoms with Gasteiger partial charge in [-0.1, -0.05) is 70.7 Å². The molecular weight excluding hydrogens is 700 g/mol. The summed E-state index contributed by atoms with van der Waals surface area (Å²) < 4.78 is 30.8. The number of rotatable bonds is 17. The molecule has 3 aliphatic heterocycles. The highest BCUT2D eigenvalue weighted by Crippen LogP contribution is 2.21. The highest BCUT2D eigenvalue weighted by Gasteiger charge is 2.25. The molecule has 10 heteroatoms. The van der Waals surface area contributed by atoms with Gasteiger partial charge in [-0.05, 0) is 119 Å². The lowest BCUT2D eigenvalue weighted by atomic mass is 10.1. The summed E-state index contributed by atoms with van der Waals surface area (Å²) in [7, 11) is 5.37. The predicted molar refractivity (Wildman–Crippen MR) is 229 cm³/mol. The monoisotopic (exact) mass is 785 g/mol. The van der Waals surface area contributed by atoms with Crippen molar-refractivity contribution in [3.05, 3.63) is 48.6 Å². The zero-order chi connectivity index (χ0) is 38.3. The van der Waals surface area contributed by atoms with Gasteiger partial charge < -0.3 is 28.4 Å². The third-order valence-corrected chi connectivity index (χ3v) is 8.39. The van der Waals surface area contributed by atoms with E-state index in [1.165, 1.54) is 93.6 Å². The lowest BCUT2D eigenvalue weighted by Crippen LogP contribution is -2.12. The number of allylic oxidation sites excluding steroid dienone is 8. The highest BCUT2D eigenvalue weighted by atomic mass is 16.6. The minimum Gasteiger partial charge on any atom is -0.381 e. The van der Waals surface area contributed by atoms with Crippen LogP contribution in [0.25, 0.3) is 0 Å². The number of hydrogen-bond acceptors (Lipinski definition) is 10. The summed E-state index contributed by atoms with van der Waals surface area (Å²) in [6, 6.07) is 0. The van der Waals surface area contributed by atoms with Crippen molar-refractivity contribution < 1.29 is 47.6 Å². The van der Waals surface area contributed by atoms with E-state index in [4.69, 9.17) is 28.4 Å². The number of hydrogen-bond donors (Lipinski definition) is 0. The zero-order valence-electron chi connectivity index (χ0n) is 32.8. The average molecular weight is 785 g/mol. The number of carbonyl (C=O) groups excluding carboxylic acids is 4. The first-order chi connectivity index (χ1) is 24.6. The molecule has 0 amide bonds. The Hall–Kier alpha value is -2.60. The van der Waals surface area contributed by atoms with Gasteiger partial charge in [0.2, 0.25) is 0 Å². The van der Waals surface area contributed by atoms with Gasteiger partial charge in [0.05, 0.1) is 56.4 Å².